The van der Waals surface area contributed by atoms with Crippen molar-refractivity contribution in [3.05, 3.63) is 48.3 Å². The minimum atomic E-state index is -3.52. The van der Waals surface area contributed by atoms with E-state index in [0.29, 0.717) is 5.56 Å². The number of nitrogens with zero attached hydrogens (tertiary/aromatic N) is 2. The quantitative estimate of drug-likeness (QED) is 0.772. The molecule has 0 unspecified atom stereocenters. The van der Waals surface area contributed by atoms with Gasteiger partial charge in [0.2, 0.25) is 0 Å². The van der Waals surface area contributed by atoms with Crippen molar-refractivity contribution in [3.8, 4) is 0 Å². The highest BCUT2D eigenvalue weighted by molar-refractivity contribution is 7.89. The number of hydrogen-bond donors (Lipinski definition) is 0. The van der Waals surface area contributed by atoms with Gasteiger partial charge in [0.05, 0.1) is 11.1 Å². The highest BCUT2D eigenvalue weighted by Crippen LogP contribution is 2.16. The molecule has 2 rings (SSSR count). The van der Waals surface area contributed by atoms with Crippen LogP contribution in [0.1, 0.15) is 5.56 Å². The minimum absolute atomic E-state index is 0.286. The molecule has 0 saturated heterocycles. The van der Waals surface area contributed by atoms with E-state index in [1.807, 2.05) is 0 Å². The monoisotopic (exact) mass is 222 g/mol. The molecule has 1 aromatic heterocycles. The molecule has 0 atom stereocenters. The van der Waals surface area contributed by atoms with Crippen molar-refractivity contribution < 1.29 is 8.42 Å². The zero-order valence-electron chi connectivity index (χ0n) is 8.16. The molecule has 4 nitrogen and oxygen atoms in total. The van der Waals surface area contributed by atoms with E-state index in [1.165, 1.54) is 12.4 Å². The Labute approximate surface area is 88.2 Å². The Morgan fingerprint density at radius 3 is 2.53 bits per heavy atom. The summed E-state index contributed by atoms with van der Waals surface area (Å²) >= 11 is 0. The predicted molar refractivity (Wildman–Crippen MR) is 56.0 cm³/mol. The van der Waals surface area contributed by atoms with Crippen LogP contribution in [0.25, 0.3) is 0 Å². The Morgan fingerprint density at radius 1 is 1.20 bits per heavy atom. The highest BCUT2D eigenvalue weighted by Gasteiger charge is 2.18. The van der Waals surface area contributed by atoms with Crippen LogP contribution < -0.4 is 0 Å². The summed E-state index contributed by atoms with van der Waals surface area (Å²) in [5.74, 6) is 0. The number of aryl methyl sites for hydroxylation is 1. The molecule has 0 saturated carbocycles. The maximum atomic E-state index is 12.0. The highest BCUT2D eigenvalue weighted by atomic mass is 32.2. The zero-order chi connectivity index (χ0) is 10.9. The topological polar surface area (TPSA) is 52.0 Å². The fourth-order valence-electron chi connectivity index (χ4n) is 1.34. The van der Waals surface area contributed by atoms with Crippen molar-refractivity contribution in [1.82, 2.24) is 9.19 Å². The van der Waals surface area contributed by atoms with Crippen molar-refractivity contribution >= 4 is 10.0 Å². The molecule has 1 aromatic carbocycles. The fourth-order valence-corrected chi connectivity index (χ4v) is 2.68. The smallest absolute Gasteiger partial charge is 0.199 e. The first-order chi connectivity index (χ1) is 7.12. The summed E-state index contributed by atoms with van der Waals surface area (Å²) in [4.78, 5) is 0.286. The maximum Gasteiger partial charge on any atom is 0.283 e. The predicted octanol–water partition coefficient (Wildman–Crippen LogP) is 1.43. The van der Waals surface area contributed by atoms with Crippen molar-refractivity contribution in [2.75, 3.05) is 0 Å². The molecule has 15 heavy (non-hydrogen) atoms. The van der Waals surface area contributed by atoms with E-state index in [0.717, 1.165) is 4.09 Å². The van der Waals surface area contributed by atoms with Crippen molar-refractivity contribution in [1.29, 1.82) is 0 Å². The van der Waals surface area contributed by atoms with Gasteiger partial charge in [0.1, 0.15) is 0 Å². The van der Waals surface area contributed by atoms with Gasteiger partial charge in [-0.1, -0.05) is 18.2 Å². The first kappa shape index (κ1) is 9.92. The van der Waals surface area contributed by atoms with Gasteiger partial charge in [-0.15, -0.1) is 0 Å². The molecule has 0 N–H and O–H groups in total. The lowest BCUT2D eigenvalue weighted by Gasteiger charge is -2.06. The second-order valence-corrected chi connectivity index (χ2v) is 4.91. The molecule has 5 heteroatoms. The van der Waals surface area contributed by atoms with E-state index in [9.17, 15) is 8.42 Å². The van der Waals surface area contributed by atoms with Crippen LogP contribution in [0.2, 0.25) is 0 Å². The molecule has 2 aromatic rings. The average Bonchev–Trinajstić information content (AvgIpc) is 2.71. The second-order valence-electron chi connectivity index (χ2n) is 3.15. The third-order valence-electron chi connectivity index (χ3n) is 2.10. The van der Waals surface area contributed by atoms with E-state index < -0.39 is 10.0 Å². The van der Waals surface area contributed by atoms with Gasteiger partial charge in [-0.25, -0.2) is 0 Å². The summed E-state index contributed by atoms with van der Waals surface area (Å²) in [5, 5.41) is 3.73. The summed E-state index contributed by atoms with van der Waals surface area (Å²) in [6, 6.07) is 8.42. The third-order valence-corrected chi connectivity index (χ3v) is 3.82. The molecule has 0 aliphatic heterocycles. The Balaban J connectivity index is 2.62. The number of benzene rings is 1. The minimum Gasteiger partial charge on any atom is -0.199 e. The van der Waals surface area contributed by atoms with Gasteiger partial charge in [-0.3, -0.25) is 0 Å². The van der Waals surface area contributed by atoms with Gasteiger partial charge in [0, 0.05) is 6.20 Å². The number of rotatable bonds is 2. The summed E-state index contributed by atoms with van der Waals surface area (Å²) < 4.78 is 25.0. The Hall–Kier alpha value is -1.62. The summed E-state index contributed by atoms with van der Waals surface area (Å²) in [6.45, 7) is 1.76. The molecule has 0 aliphatic rings. The van der Waals surface area contributed by atoms with E-state index >= 15 is 0 Å². The van der Waals surface area contributed by atoms with Gasteiger partial charge >= 0.3 is 0 Å². The SMILES string of the molecule is Cc1ccccc1S(=O)(=O)n1cccn1. The van der Waals surface area contributed by atoms with Crippen molar-refractivity contribution in [2.24, 2.45) is 0 Å². The molecule has 78 valence electrons. The summed E-state index contributed by atoms with van der Waals surface area (Å²) in [7, 11) is -3.52. The normalized spacial score (nSPS) is 11.5. The van der Waals surface area contributed by atoms with Crippen LogP contribution in [0.4, 0.5) is 0 Å². The van der Waals surface area contributed by atoms with E-state index in [2.05, 4.69) is 5.10 Å². The Morgan fingerprint density at radius 2 is 1.93 bits per heavy atom. The summed E-state index contributed by atoms with van der Waals surface area (Å²) in [6.07, 6.45) is 2.86. The lowest BCUT2D eigenvalue weighted by atomic mass is 10.2. The van der Waals surface area contributed by atoms with Crippen LogP contribution >= 0.6 is 0 Å². The maximum absolute atomic E-state index is 12.0. The van der Waals surface area contributed by atoms with Gasteiger partial charge < -0.3 is 0 Å². The molecule has 0 radical (unpaired) electrons. The lowest BCUT2D eigenvalue weighted by molar-refractivity contribution is 0.579. The average molecular weight is 222 g/mol. The Bertz CT molecular complexity index is 559. The van der Waals surface area contributed by atoms with E-state index in [4.69, 9.17) is 0 Å². The van der Waals surface area contributed by atoms with Gasteiger partial charge in [-0.2, -0.15) is 17.6 Å². The second kappa shape index (κ2) is 3.51. The van der Waals surface area contributed by atoms with E-state index in [-0.39, 0.29) is 4.90 Å². The van der Waals surface area contributed by atoms with Crippen LogP contribution in [-0.2, 0) is 10.0 Å². The van der Waals surface area contributed by atoms with Crippen LogP contribution in [0.15, 0.2) is 47.6 Å². The fraction of sp³-hybridized carbons (Fsp3) is 0.100. The van der Waals surface area contributed by atoms with Crippen LogP contribution in [0, 0.1) is 6.92 Å². The van der Waals surface area contributed by atoms with Gasteiger partial charge in [0.25, 0.3) is 10.0 Å². The molecule has 0 spiro atoms. The molecular weight excluding hydrogens is 212 g/mol. The molecule has 0 amide bonds. The molecular formula is C10H10N2O2S. The number of aromatic nitrogens is 2. The lowest BCUT2D eigenvalue weighted by Crippen LogP contribution is -2.14. The largest absolute Gasteiger partial charge is 0.283 e. The third kappa shape index (κ3) is 1.66. The number of hydrogen-bond acceptors (Lipinski definition) is 3. The molecule has 0 bridgehead atoms. The van der Waals surface area contributed by atoms with E-state index in [1.54, 1.807) is 37.3 Å². The molecule has 1 heterocycles. The van der Waals surface area contributed by atoms with Crippen LogP contribution in [0.3, 0.4) is 0 Å². The van der Waals surface area contributed by atoms with Crippen molar-refractivity contribution in [3.63, 3.8) is 0 Å². The van der Waals surface area contributed by atoms with Crippen molar-refractivity contribution in [2.45, 2.75) is 11.8 Å². The van der Waals surface area contributed by atoms with Crippen LogP contribution in [0.5, 0.6) is 0 Å². The van der Waals surface area contributed by atoms with Gasteiger partial charge in [-0.05, 0) is 24.6 Å². The Kier molecular flexibility index (Phi) is 2.32. The summed E-state index contributed by atoms with van der Waals surface area (Å²) in [5.41, 5.74) is 0.716. The van der Waals surface area contributed by atoms with Crippen LogP contribution in [-0.4, -0.2) is 17.6 Å². The molecule has 0 aliphatic carbocycles. The van der Waals surface area contributed by atoms with Gasteiger partial charge in [0.15, 0.2) is 0 Å². The first-order valence-electron chi connectivity index (χ1n) is 4.43. The molecule has 0 fully saturated rings. The zero-order valence-corrected chi connectivity index (χ0v) is 8.98. The standard InChI is InChI=1S/C10H10N2O2S/c1-9-5-2-3-6-10(9)15(13,14)12-8-4-7-11-12/h2-8H,1H3. The first-order valence-corrected chi connectivity index (χ1v) is 5.87.